The Morgan fingerprint density at radius 2 is 2.22 bits per heavy atom. The van der Waals surface area contributed by atoms with Crippen LogP contribution >= 0.6 is 0 Å². The average molecular weight is 249 g/mol. The molecule has 0 saturated carbocycles. The van der Waals surface area contributed by atoms with Crippen LogP contribution in [0.1, 0.15) is 23.1 Å². The van der Waals surface area contributed by atoms with E-state index in [2.05, 4.69) is 37.4 Å². The van der Waals surface area contributed by atoms with Crippen molar-refractivity contribution < 1.29 is 9.47 Å². The molecule has 0 spiro atoms. The SMILES string of the molecule is COC1(CNCc2ccc(C)cc2C)CCOC1. The van der Waals surface area contributed by atoms with Crippen molar-refractivity contribution in [2.45, 2.75) is 32.4 Å². The molecule has 18 heavy (non-hydrogen) atoms. The molecule has 3 nitrogen and oxygen atoms in total. The molecular weight excluding hydrogens is 226 g/mol. The summed E-state index contributed by atoms with van der Waals surface area (Å²) in [6.07, 6.45) is 0.976. The van der Waals surface area contributed by atoms with Crippen LogP contribution in [-0.2, 0) is 16.0 Å². The molecular formula is C15H23NO2. The number of ether oxygens (including phenoxy) is 2. The number of nitrogens with one attached hydrogen (secondary N) is 1. The van der Waals surface area contributed by atoms with Gasteiger partial charge in [-0.25, -0.2) is 0 Å². The van der Waals surface area contributed by atoms with Crippen molar-refractivity contribution in [2.24, 2.45) is 0 Å². The molecule has 1 aliphatic rings. The van der Waals surface area contributed by atoms with Gasteiger partial charge in [0.25, 0.3) is 0 Å². The van der Waals surface area contributed by atoms with Crippen LogP contribution in [0, 0.1) is 13.8 Å². The molecule has 1 N–H and O–H groups in total. The summed E-state index contributed by atoms with van der Waals surface area (Å²) in [5.74, 6) is 0. The minimum absolute atomic E-state index is 0.126. The Labute approximate surface area is 109 Å². The molecule has 1 aromatic rings. The highest BCUT2D eigenvalue weighted by Crippen LogP contribution is 2.21. The minimum atomic E-state index is -0.126. The van der Waals surface area contributed by atoms with Crippen LogP contribution in [-0.4, -0.2) is 32.5 Å². The normalized spacial score (nSPS) is 23.5. The fourth-order valence-electron chi connectivity index (χ4n) is 2.43. The zero-order valence-corrected chi connectivity index (χ0v) is 11.6. The Balaban J connectivity index is 1.88. The van der Waals surface area contributed by atoms with Crippen molar-refractivity contribution in [3.8, 4) is 0 Å². The number of hydrogen-bond acceptors (Lipinski definition) is 3. The summed E-state index contributed by atoms with van der Waals surface area (Å²) < 4.78 is 11.0. The van der Waals surface area contributed by atoms with Gasteiger partial charge in [0, 0.05) is 33.2 Å². The zero-order chi connectivity index (χ0) is 13.0. The highest BCUT2D eigenvalue weighted by Gasteiger charge is 2.34. The van der Waals surface area contributed by atoms with E-state index >= 15 is 0 Å². The Morgan fingerprint density at radius 3 is 2.83 bits per heavy atom. The lowest BCUT2D eigenvalue weighted by Crippen LogP contribution is -2.42. The molecule has 1 fully saturated rings. The lowest BCUT2D eigenvalue weighted by atomic mass is 10.0. The van der Waals surface area contributed by atoms with E-state index in [1.165, 1.54) is 16.7 Å². The first kappa shape index (κ1) is 13.5. The van der Waals surface area contributed by atoms with Gasteiger partial charge in [0.1, 0.15) is 5.60 Å². The predicted molar refractivity (Wildman–Crippen MR) is 72.8 cm³/mol. The second kappa shape index (κ2) is 5.83. The van der Waals surface area contributed by atoms with Crippen LogP contribution < -0.4 is 5.32 Å². The van der Waals surface area contributed by atoms with Crippen molar-refractivity contribution in [1.82, 2.24) is 5.32 Å². The number of hydrogen-bond donors (Lipinski definition) is 1. The maximum atomic E-state index is 5.60. The lowest BCUT2D eigenvalue weighted by Gasteiger charge is -2.26. The summed E-state index contributed by atoms with van der Waals surface area (Å²) >= 11 is 0. The Bertz CT molecular complexity index is 397. The van der Waals surface area contributed by atoms with Gasteiger partial charge in [-0.15, -0.1) is 0 Å². The predicted octanol–water partition coefficient (Wildman–Crippen LogP) is 2.20. The third-order valence-electron chi connectivity index (χ3n) is 3.76. The van der Waals surface area contributed by atoms with Crippen LogP contribution in [0.5, 0.6) is 0 Å². The molecule has 1 aliphatic heterocycles. The van der Waals surface area contributed by atoms with Gasteiger partial charge in [-0.05, 0) is 25.0 Å². The second-order valence-electron chi connectivity index (χ2n) is 5.22. The Kier molecular flexibility index (Phi) is 4.38. The molecule has 100 valence electrons. The summed E-state index contributed by atoms with van der Waals surface area (Å²) in [7, 11) is 1.77. The minimum Gasteiger partial charge on any atom is -0.378 e. The standard InChI is InChI=1S/C15H23NO2/c1-12-4-5-14(13(2)8-12)9-16-10-15(17-3)6-7-18-11-15/h4-5,8,16H,6-7,9-11H2,1-3H3. The fourth-order valence-corrected chi connectivity index (χ4v) is 2.43. The number of aryl methyl sites for hydroxylation is 2. The van der Waals surface area contributed by atoms with E-state index in [1.54, 1.807) is 7.11 Å². The first-order valence-corrected chi connectivity index (χ1v) is 6.55. The van der Waals surface area contributed by atoms with Crippen molar-refractivity contribution in [1.29, 1.82) is 0 Å². The maximum Gasteiger partial charge on any atom is 0.106 e. The molecule has 0 radical (unpaired) electrons. The first-order chi connectivity index (χ1) is 8.65. The molecule has 1 saturated heterocycles. The highest BCUT2D eigenvalue weighted by atomic mass is 16.5. The fraction of sp³-hybridized carbons (Fsp3) is 0.600. The van der Waals surface area contributed by atoms with E-state index in [-0.39, 0.29) is 5.60 Å². The smallest absolute Gasteiger partial charge is 0.106 e. The third kappa shape index (κ3) is 3.10. The summed E-state index contributed by atoms with van der Waals surface area (Å²) in [5, 5.41) is 3.49. The van der Waals surface area contributed by atoms with Crippen LogP contribution in [0.2, 0.25) is 0 Å². The summed E-state index contributed by atoms with van der Waals surface area (Å²) in [5.41, 5.74) is 3.88. The number of benzene rings is 1. The van der Waals surface area contributed by atoms with Gasteiger partial charge in [0.15, 0.2) is 0 Å². The highest BCUT2D eigenvalue weighted by molar-refractivity contribution is 5.30. The quantitative estimate of drug-likeness (QED) is 0.868. The van der Waals surface area contributed by atoms with E-state index in [0.29, 0.717) is 6.61 Å². The van der Waals surface area contributed by atoms with Gasteiger partial charge >= 0.3 is 0 Å². The van der Waals surface area contributed by atoms with E-state index in [4.69, 9.17) is 9.47 Å². The van der Waals surface area contributed by atoms with Crippen molar-refractivity contribution in [3.05, 3.63) is 34.9 Å². The lowest BCUT2D eigenvalue weighted by molar-refractivity contribution is -0.0159. The summed E-state index contributed by atoms with van der Waals surface area (Å²) in [4.78, 5) is 0. The topological polar surface area (TPSA) is 30.5 Å². The van der Waals surface area contributed by atoms with Crippen LogP contribution in [0.3, 0.4) is 0 Å². The van der Waals surface area contributed by atoms with Crippen molar-refractivity contribution >= 4 is 0 Å². The number of rotatable bonds is 5. The Hall–Kier alpha value is -0.900. The molecule has 1 unspecified atom stereocenters. The van der Waals surface area contributed by atoms with Crippen molar-refractivity contribution in [2.75, 3.05) is 26.9 Å². The van der Waals surface area contributed by atoms with Crippen molar-refractivity contribution in [3.63, 3.8) is 0 Å². The molecule has 0 aliphatic carbocycles. The maximum absolute atomic E-state index is 5.60. The van der Waals surface area contributed by atoms with Gasteiger partial charge in [0.2, 0.25) is 0 Å². The first-order valence-electron chi connectivity index (χ1n) is 6.55. The average Bonchev–Trinajstić information content (AvgIpc) is 2.81. The zero-order valence-electron chi connectivity index (χ0n) is 11.6. The van der Waals surface area contributed by atoms with E-state index in [9.17, 15) is 0 Å². The summed E-state index contributed by atoms with van der Waals surface area (Å²) in [6.45, 7) is 7.52. The van der Waals surface area contributed by atoms with Gasteiger partial charge in [-0.3, -0.25) is 0 Å². The molecule has 1 aromatic carbocycles. The molecule has 0 aromatic heterocycles. The van der Waals surface area contributed by atoms with Crippen LogP contribution in [0.15, 0.2) is 18.2 Å². The molecule has 3 heteroatoms. The monoisotopic (exact) mass is 249 g/mol. The second-order valence-corrected chi connectivity index (χ2v) is 5.22. The van der Waals surface area contributed by atoms with Gasteiger partial charge in [-0.2, -0.15) is 0 Å². The van der Waals surface area contributed by atoms with E-state index < -0.39 is 0 Å². The molecule has 0 bridgehead atoms. The van der Waals surface area contributed by atoms with E-state index in [0.717, 1.165) is 26.1 Å². The van der Waals surface area contributed by atoms with Gasteiger partial charge < -0.3 is 14.8 Å². The molecule has 1 atom stereocenters. The third-order valence-corrected chi connectivity index (χ3v) is 3.76. The largest absolute Gasteiger partial charge is 0.378 e. The number of methoxy groups -OCH3 is 1. The molecule has 1 heterocycles. The van der Waals surface area contributed by atoms with Gasteiger partial charge in [0.05, 0.1) is 6.61 Å². The Morgan fingerprint density at radius 1 is 1.39 bits per heavy atom. The van der Waals surface area contributed by atoms with Crippen LogP contribution in [0.25, 0.3) is 0 Å². The van der Waals surface area contributed by atoms with E-state index in [1.807, 2.05) is 0 Å². The summed E-state index contributed by atoms with van der Waals surface area (Å²) in [6, 6.07) is 6.58. The molecule has 2 rings (SSSR count). The van der Waals surface area contributed by atoms with Crippen LogP contribution in [0.4, 0.5) is 0 Å². The molecule has 0 amide bonds. The van der Waals surface area contributed by atoms with Gasteiger partial charge in [-0.1, -0.05) is 23.8 Å².